The predicted octanol–water partition coefficient (Wildman–Crippen LogP) is 4.31. The molecule has 0 atom stereocenters. The SMILES string of the molecule is COc1ccc(C2=NN(c3ccccc3)C(=O)/C2=C\c2ccc3c(c2)OCCO3)cc1OC. The maximum absolute atomic E-state index is 13.5. The Labute approximate surface area is 191 Å². The molecule has 3 aromatic carbocycles. The summed E-state index contributed by atoms with van der Waals surface area (Å²) in [4.78, 5) is 13.5. The van der Waals surface area contributed by atoms with Gasteiger partial charge in [0, 0.05) is 5.56 Å². The van der Waals surface area contributed by atoms with Crippen LogP contribution in [0.2, 0.25) is 0 Å². The molecule has 0 unspecified atom stereocenters. The summed E-state index contributed by atoms with van der Waals surface area (Å²) in [6, 6.07) is 20.4. The van der Waals surface area contributed by atoms with Gasteiger partial charge in [-0.3, -0.25) is 4.79 Å². The Morgan fingerprint density at radius 3 is 2.39 bits per heavy atom. The highest BCUT2D eigenvalue weighted by atomic mass is 16.6. The highest BCUT2D eigenvalue weighted by Crippen LogP contribution is 2.35. The van der Waals surface area contributed by atoms with Crippen molar-refractivity contribution in [1.82, 2.24) is 0 Å². The molecular weight excluding hydrogens is 420 g/mol. The number of amides is 1. The first kappa shape index (κ1) is 20.6. The number of hydrogen-bond acceptors (Lipinski definition) is 6. The number of anilines is 1. The van der Waals surface area contributed by atoms with E-state index in [0.29, 0.717) is 53.2 Å². The summed E-state index contributed by atoms with van der Waals surface area (Å²) in [6.07, 6.45) is 1.82. The van der Waals surface area contributed by atoms with Crippen molar-refractivity contribution in [3.63, 3.8) is 0 Å². The van der Waals surface area contributed by atoms with Crippen LogP contribution in [0.4, 0.5) is 5.69 Å². The van der Waals surface area contributed by atoms with Crippen molar-refractivity contribution in [2.45, 2.75) is 0 Å². The molecule has 2 heterocycles. The molecule has 5 rings (SSSR count). The van der Waals surface area contributed by atoms with Crippen molar-refractivity contribution in [2.75, 3.05) is 32.4 Å². The van der Waals surface area contributed by atoms with E-state index in [0.717, 1.165) is 11.1 Å². The van der Waals surface area contributed by atoms with Crippen molar-refractivity contribution in [3.05, 3.63) is 83.4 Å². The number of carbonyl (C=O) groups is 1. The molecule has 0 spiro atoms. The van der Waals surface area contributed by atoms with Gasteiger partial charge in [0.1, 0.15) is 18.9 Å². The summed E-state index contributed by atoms with van der Waals surface area (Å²) in [5.74, 6) is 2.29. The lowest BCUT2D eigenvalue weighted by molar-refractivity contribution is -0.114. The molecule has 7 nitrogen and oxygen atoms in total. The van der Waals surface area contributed by atoms with Crippen LogP contribution in [0.1, 0.15) is 11.1 Å². The van der Waals surface area contributed by atoms with Crippen molar-refractivity contribution >= 4 is 23.4 Å². The van der Waals surface area contributed by atoms with Crippen LogP contribution in [0.3, 0.4) is 0 Å². The van der Waals surface area contributed by atoms with E-state index in [-0.39, 0.29) is 5.91 Å². The van der Waals surface area contributed by atoms with E-state index < -0.39 is 0 Å². The number of methoxy groups -OCH3 is 2. The number of carbonyl (C=O) groups excluding carboxylic acids is 1. The highest BCUT2D eigenvalue weighted by molar-refractivity contribution is 6.37. The van der Waals surface area contributed by atoms with Gasteiger partial charge in [-0.25, -0.2) is 0 Å². The summed E-state index contributed by atoms with van der Waals surface area (Å²) in [6.45, 7) is 1.01. The van der Waals surface area contributed by atoms with Crippen LogP contribution in [-0.2, 0) is 4.79 Å². The lowest BCUT2D eigenvalue weighted by Gasteiger charge is -2.18. The van der Waals surface area contributed by atoms with Crippen molar-refractivity contribution in [3.8, 4) is 23.0 Å². The summed E-state index contributed by atoms with van der Waals surface area (Å²) >= 11 is 0. The Hall–Kier alpha value is -4.26. The Morgan fingerprint density at radius 2 is 1.64 bits per heavy atom. The van der Waals surface area contributed by atoms with E-state index >= 15 is 0 Å². The molecule has 33 heavy (non-hydrogen) atoms. The summed E-state index contributed by atoms with van der Waals surface area (Å²) in [5.41, 5.74) is 3.24. The predicted molar refractivity (Wildman–Crippen MR) is 125 cm³/mol. The molecule has 0 aromatic heterocycles. The zero-order chi connectivity index (χ0) is 22.8. The quantitative estimate of drug-likeness (QED) is 0.551. The van der Waals surface area contributed by atoms with E-state index in [4.69, 9.17) is 18.9 Å². The maximum atomic E-state index is 13.5. The van der Waals surface area contributed by atoms with Crippen molar-refractivity contribution in [2.24, 2.45) is 5.10 Å². The van der Waals surface area contributed by atoms with Gasteiger partial charge in [0.2, 0.25) is 0 Å². The minimum absolute atomic E-state index is 0.221. The molecule has 0 fully saturated rings. The number of para-hydroxylation sites is 1. The van der Waals surface area contributed by atoms with Crippen LogP contribution in [0, 0.1) is 0 Å². The first-order valence-corrected chi connectivity index (χ1v) is 10.5. The number of hydrogen-bond donors (Lipinski definition) is 0. The van der Waals surface area contributed by atoms with E-state index in [9.17, 15) is 4.79 Å². The number of fused-ring (bicyclic) bond motifs is 1. The Morgan fingerprint density at radius 1 is 0.879 bits per heavy atom. The molecule has 0 bridgehead atoms. The average Bonchev–Trinajstić information content (AvgIpc) is 3.19. The van der Waals surface area contributed by atoms with Gasteiger partial charge in [0.15, 0.2) is 23.0 Å². The standard InChI is InChI=1S/C26H22N2O5/c1-30-21-11-9-18(16-23(21)31-2)25-20(26(29)28(27-25)19-6-4-3-5-7-19)14-17-8-10-22-24(15-17)33-13-12-32-22/h3-11,14-16H,12-13H2,1-2H3/b20-14-. The summed E-state index contributed by atoms with van der Waals surface area (Å²) in [5, 5.41) is 6.10. The highest BCUT2D eigenvalue weighted by Gasteiger charge is 2.32. The normalized spacial score (nSPS) is 16.1. The van der Waals surface area contributed by atoms with Gasteiger partial charge < -0.3 is 18.9 Å². The average molecular weight is 442 g/mol. The lowest BCUT2D eigenvalue weighted by atomic mass is 9.99. The van der Waals surface area contributed by atoms with Gasteiger partial charge in [-0.1, -0.05) is 24.3 Å². The Kier molecular flexibility index (Phi) is 5.44. The second-order valence-electron chi connectivity index (χ2n) is 7.43. The summed E-state index contributed by atoms with van der Waals surface area (Å²) < 4.78 is 22.1. The van der Waals surface area contributed by atoms with Crippen LogP contribution < -0.4 is 24.0 Å². The third kappa shape index (κ3) is 3.89. The van der Waals surface area contributed by atoms with Crippen LogP contribution in [-0.4, -0.2) is 39.1 Å². The minimum atomic E-state index is -0.221. The smallest absolute Gasteiger partial charge is 0.281 e. The molecule has 3 aromatic rings. The minimum Gasteiger partial charge on any atom is -0.493 e. The fourth-order valence-electron chi connectivity index (χ4n) is 3.80. The van der Waals surface area contributed by atoms with Crippen LogP contribution in [0.15, 0.2) is 77.4 Å². The molecule has 2 aliphatic heterocycles. The zero-order valence-corrected chi connectivity index (χ0v) is 18.3. The monoisotopic (exact) mass is 442 g/mol. The molecule has 0 aliphatic carbocycles. The molecular formula is C26H22N2O5. The van der Waals surface area contributed by atoms with Gasteiger partial charge in [-0.15, -0.1) is 0 Å². The third-order valence-corrected chi connectivity index (χ3v) is 5.41. The Bertz CT molecular complexity index is 1270. The fourth-order valence-corrected chi connectivity index (χ4v) is 3.80. The molecule has 0 saturated carbocycles. The van der Waals surface area contributed by atoms with Crippen LogP contribution in [0.25, 0.3) is 6.08 Å². The molecule has 0 N–H and O–H groups in total. The first-order chi connectivity index (χ1) is 16.2. The molecule has 1 amide bonds. The maximum Gasteiger partial charge on any atom is 0.281 e. The number of ether oxygens (including phenoxy) is 4. The van der Waals surface area contributed by atoms with E-state index in [1.807, 2.05) is 66.7 Å². The second-order valence-corrected chi connectivity index (χ2v) is 7.43. The van der Waals surface area contributed by atoms with E-state index in [2.05, 4.69) is 5.10 Å². The molecule has 2 aliphatic rings. The molecule has 0 saturated heterocycles. The van der Waals surface area contributed by atoms with Crippen molar-refractivity contribution in [1.29, 1.82) is 0 Å². The van der Waals surface area contributed by atoms with Gasteiger partial charge >= 0.3 is 0 Å². The van der Waals surface area contributed by atoms with Gasteiger partial charge in [-0.2, -0.15) is 10.1 Å². The number of nitrogens with zero attached hydrogens (tertiary/aromatic N) is 2. The zero-order valence-electron chi connectivity index (χ0n) is 18.3. The topological polar surface area (TPSA) is 69.6 Å². The third-order valence-electron chi connectivity index (χ3n) is 5.41. The number of benzene rings is 3. The first-order valence-electron chi connectivity index (χ1n) is 10.5. The fraction of sp³-hybridized carbons (Fsp3) is 0.154. The second kappa shape index (κ2) is 8.70. The van der Waals surface area contributed by atoms with Crippen molar-refractivity contribution < 1.29 is 23.7 Å². The van der Waals surface area contributed by atoms with Crippen LogP contribution in [0.5, 0.6) is 23.0 Å². The van der Waals surface area contributed by atoms with Gasteiger partial charge in [0.05, 0.1) is 25.5 Å². The van der Waals surface area contributed by atoms with Gasteiger partial charge in [0.25, 0.3) is 5.91 Å². The molecule has 0 radical (unpaired) electrons. The lowest BCUT2D eigenvalue weighted by Crippen LogP contribution is -2.21. The van der Waals surface area contributed by atoms with Gasteiger partial charge in [-0.05, 0) is 54.1 Å². The number of rotatable bonds is 5. The number of hydrazone groups is 1. The summed E-state index contributed by atoms with van der Waals surface area (Å²) in [7, 11) is 3.16. The molecule has 7 heteroatoms. The van der Waals surface area contributed by atoms with E-state index in [1.54, 1.807) is 20.3 Å². The molecule has 166 valence electrons. The Balaban J connectivity index is 1.61. The largest absolute Gasteiger partial charge is 0.493 e. The van der Waals surface area contributed by atoms with E-state index in [1.165, 1.54) is 5.01 Å². The van der Waals surface area contributed by atoms with Crippen LogP contribution >= 0.6 is 0 Å².